The molecule has 4 heteroatoms. The summed E-state index contributed by atoms with van der Waals surface area (Å²) in [6.45, 7) is 0.778. The highest BCUT2D eigenvalue weighted by Gasteiger charge is 2.15. The van der Waals surface area contributed by atoms with Gasteiger partial charge in [-0.1, -0.05) is 12.2 Å². The Kier molecular flexibility index (Phi) is 4.55. The monoisotopic (exact) mass is 263 g/mol. The van der Waals surface area contributed by atoms with Crippen LogP contribution < -0.4 is 5.32 Å². The molecule has 2 rings (SSSR count). The predicted octanol–water partition coefficient (Wildman–Crippen LogP) is 3.38. The first-order valence-electron chi connectivity index (χ1n) is 6.47. The topological polar surface area (TPSA) is 38.3 Å². The highest BCUT2D eigenvalue weighted by atomic mass is 19.1. The molecule has 1 aromatic carbocycles. The third-order valence-electron chi connectivity index (χ3n) is 3.35. The molecule has 1 aromatic rings. The van der Waals surface area contributed by atoms with Gasteiger partial charge in [0.1, 0.15) is 5.82 Å². The van der Waals surface area contributed by atoms with Crippen molar-refractivity contribution in [3.8, 4) is 0 Å². The number of anilines is 1. The van der Waals surface area contributed by atoms with E-state index in [0.717, 1.165) is 25.8 Å². The van der Waals surface area contributed by atoms with Crippen LogP contribution in [0.1, 0.15) is 29.6 Å². The van der Waals surface area contributed by atoms with E-state index in [9.17, 15) is 9.18 Å². The summed E-state index contributed by atoms with van der Waals surface area (Å²) >= 11 is 0. The van der Waals surface area contributed by atoms with Gasteiger partial charge in [0.05, 0.1) is 12.7 Å². The van der Waals surface area contributed by atoms with Crippen molar-refractivity contribution < 1.29 is 13.9 Å². The Bertz CT molecular complexity index is 485. The van der Waals surface area contributed by atoms with Crippen LogP contribution in [0, 0.1) is 11.7 Å². The third-order valence-corrected chi connectivity index (χ3v) is 3.35. The molecule has 1 aliphatic carbocycles. The van der Waals surface area contributed by atoms with Gasteiger partial charge >= 0.3 is 5.97 Å². The van der Waals surface area contributed by atoms with Crippen molar-refractivity contribution in [1.29, 1.82) is 0 Å². The SMILES string of the molecule is COC(=O)c1cc(F)ccc1NCC1CC=CCC1. The van der Waals surface area contributed by atoms with Gasteiger partial charge in [0.15, 0.2) is 0 Å². The number of carbonyl (C=O) groups excluding carboxylic acids is 1. The zero-order chi connectivity index (χ0) is 13.7. The number of allylic oxidation sites excluding steroid dienone is 2. The van der Waals surface area contributed by atoms with Gasteiger partial charge in [-0.25, -0.2) is 9.18 Å². The lowest BCUT2D eigenvalue weighted by Gasteiger charge is -2.19. The van der Waals surface area contributed by atoms with Crippen LogP contribution in [0.15, 0.2) is 30.4 Å². The summed E-state index contributed by atoms with van der Waals surface area (Å²) in [6.07, 6.45) is 7.65. The number of esters is 1. The molecule has 0 fully saturated rings. The Balaban J connectivity index is 2.06. The first-order valence-corrected chi connectivity index (χ1v) is 6.47. The molecule has 0 heterocycles. The number of methoxy groups -OCH3 is 1. The van der Waals surface area contributed by atoms with E-state index in [-0.39, 0.29) is 5.56 Å². The Morgan fingerprint density at radius 1 is 1.47 bits per heavy atom. The maximum Gasteiger partial charge on any atom is 0.340 e. The van der Waals surface area contributed by atoms with E-state index < -0.39 is 11.8 Å². The van der Waals surface area contributed by atoms with Gasteiger partial charge in [-0.3, -0.25) is 0 Å². The lowest BCUT2D eigenvalue weighted by Crippen LogP contribution is -2.17. The number of hydrogen-bond acceptors (Lipinski definition) is 3. The molecular formula is C15H18FNO2. The lowest BCUT2D eigenvalue weighted by atomic mass is 9.94. The van der Waals surface area contributed by atoms with Gasteiger partial charge in [-0.15, -0.1) is 0 Å². The average Bonchev–Trinajstić information content (AvgIpc) is 2.46. The Hall–Kier alpha value is -1.84. The van der Waals surface area contributed by atoms with E-state index in [2.05, 4.69) is 22.2 Å². The lowest BCUT2D eigenvalue weighted by molar-refractivity contribution is 0.0601. The van der Waals surface area contributed by atoms with Crippen LogP contribution in [0.25, 0.3) is 0 Å². The minimum Gasteiger partial charge on any atom is -0.465 e. The van der Waals surface area contributed by atoms with E-state index in [4.69, 9.17) is 0 Å². The second-order valence-electron chi connectivity index (χ2n) is 4.71. The third kappa shape index (κ3) is 3.56. The Labute approximate surface area is 112 Å². The standard InChI is InChI=1S/C15H18FNO2/c1-19-15(18)13-9-12(16)7-8-14(13)17-10-11-5-3-2-4-6-11/h2-3,7-9,11,17H,4-6,10H2,1H3. The van der Waals surface area contributed by atoms with Crippen molar-refractivity contribution in [2.45, 2.75) is 19.3 Å². The fourth-order valence-corrected chi connectivity index (χ4v) is 2.25. The molecule has 3 nitrogen and oxygen atoms in total. The summed E-state index contributed by atoms with van der Waals surface area (Å²) in [5.74, 6) is -0.405. The second-order valence-corrected chi connectivity index (χ2v) is 4.71. The van der Waals surface area contributed by atoms with Gasteiger partial charge in [-0.2, -0.15) is 0 Å². The van der Waals surface area contributed by atoms with Crippen molar-refractivity contribution in [2.75, 3.05) is 19.0 Å². The first kappa shape index (κ1) is 13.6. The zero-order valence-electron chi connectivity index (χ0n) is 11.0. The summed E-state index contributed by atoms with van der Waals surface area (Å²) in [5.41, 5.74) is 0.872. The minimum atomic E-state index is -0.523. The average molecular weight is 263 g/mol. The Morgan fingerprint density at radius 3 is 3.00 bits per heavy atom. The first-order chi connectivity index (χ1) is 9.20. The summed E-state index contributed by atoms with van der Waals surface area (Å²) in [4.78, 5) is 11.6. The maximum atomic E-state index is 13.2. The highest BCUT2D eigenvalue weighted by Crippen LogP contribution is 2.22. The number of ether oxygens (including phenoxy) is 1. The summed E-state index contributed by atoms with van der Waals surface area (Å²) in [5, 5.41) is 3.22. The van der Waals surface area contributed by atoms with Crippen molar-refractivity contribution in [1.82, 2.24) is 0 Å². The quantitative estimate of drug-likeness (QED) is 0.668. The smallest absolute Gasteiger partial charge is 0.340 e. The normalized spacial score (nSPS) is 18.1. The van der Waals surface area contributed by atoms with Crippen molar-refractivity contribution in [3.63, 3.8) is 0 Å². The number of benzene rings is 1. The summed E-state index contributed by atoms with van der Waals surface area (Å²) in [7, 11) is 1.29. The van der Waals surface area contributed by atoms with Gasteiger partial charge < -0.3 is 10.1 Å². The van der Waals surface area contributed by atoms with E-state index in [0.29, 0.717) is 11.6 Å². The fourth-order valence-electron chi connectivity index (χ4n) is 2.25. The largest absolute Gasteiger partial charge is 0.465 e. The van der Waals surface area contributed by atoms with Crippen LogP contribution >= 0.6 is 0 Å². The molecule has 0 aromatic heterocycles. The molecule has 0 bridgehead atoms. The minimum absolute atomic E-state index is 0.244. The maximum absolute atomic E-state index is 13.2. The van der Waals surface area contributed by atoms with Gasteiger partial charge in [0.2, 0.25) is 0 Å². The summed E-state index contributed by atoms with van der Waals surface area (Å²) in [6, 6.07) is 4.13. The van der Waals surface area contributed by atoms with E-state index >= 15 is 0 Å². The predicted molar refractivity (Wildman–Crippen MR) is 72.7 cm³/mol. The molecule has 0 aliphatic heterocycles. The number of rotatable bonds is 4. The highest BCUT2D eigenvalue weighted by molar-refractivity contribution is 5.95. The molecule has 1 unspecified atom stereocenters. The van der Waals surface area contributed by atoms with Gasteiger partial charge in [0.25, 0.3) is 0 Å². The van der Waals surface area contributed by atoms with Crippen LogP contribution in [0.5, 0.6) is 0 Å². The van der Waals surface area contributed by atoms with Crippen LogP contribution in [0.3, 0.4) is 0 Å². The Morgan fingerprint density at radius 2 is 2.32 bits per heavy atom. The van der Waals surface area contributed by atoms with Crippen molar-refractivity contribution in [2.24, 2.45) is 5.92 Å². The zero-order valence-corrected chi connectivity index (χ0v) is 11.0. The number of halogens is 1. The molecular weight excluding hydrogens is 245 g/mol. The van der Waals surface area contributed by atoms with Crippen LogP contribution in [-0.4, -0.2) is 19.6 Å². The molecule has 0 radical (unpaired) electrons. The van der Waals surface area contributed by atoms with Crippen molar-refractivity contribution in [3.05, 3.63) is 41.7 Å². The molecule has 0 saturated carbocycles. The molecule has 1 aliphatic rings. The number of hydrogen-bond donors (Lipinski definition) is 1. The molecule has 0 spiro atoms. The molecule has 1 atom stereocenters. The molecule has 102 valence electrons. The summed E-state index contributed by atoms with van der Waals surface area (Å²) < 4.78 is 17.9. The fraction of sp³-hybridized carbons (Fsp3) is 0.400. The van der Waals surface area contributed by atoms with Gasteiger partial charge in [-0.05, 0) is 43.4 Å². The number of nitrogens with one attached hydrogen (secondary N) is 1. The van der Waals surface area contributed by atoms with Crippen LogP contribution in [-0.2, 0) is 4.74 Å². The van der Waals surface area contributed by atoms with Crippen molar-refractivity contribution >= 4 is 11.7 Å². The molecule has 1 N–H and O–H groups in total. The van der Waals surface area contributed by atoms with Gasteiger partial charge in [0, 0.05) is 12.2 Å². The van der Waals surface area contributed by atoms with E-state index in [1.54, 1.807) is 6.07 Å². The number of carbonyl (C=O) groups is 1. The van der Waals surface area contributed by atoms with Crippen LogP contribution in [0.4, 0.5) is 10.1 Å². The molecule has 0 saturated heterocycles. The molecule has 19 heavy (non-hydrogen) atoms. The van der Waals surface area contributed by atoms with E-state index in [1.807, 2.05) is 0 Å². The second kappa shape index (κ2) is 6.36. The molecule has 0 amide bonds. The van der Waals surface area contributed by atoms with Crippen LogP contribution in [0.2, 0.25) is 0 Å². The van der Waals surface area contributed by atoms with E-state index in [1.165, 1.54) is 19.2 Å².